The van der Waals surface area contributed by atoms with E-state index in [-0.39, 0.29) is 17.8 Å². The third-order valence-corrected chi connectivity index (χ3v) is 5.90. The highest BCUT2D eigenvalue weighted by molar-refractivity contribution is 5.31. The summed E-state index contributed by atoms with van der Waals surface area (Å²) in [6, 6.07) is 10.4. The Hall–Kier alpha value is -3.16. The van der Waals surface area contributed by atoms with Crippen molar-refractivity contribution in [2.45, 2.75) is 43.9 Å². The Labute approximate surface area is 171 Å². The number of nitrogens with zero attached hydrogens (tertiary/aromatic N) is 3. The van der Waals surface area contributed by atoms with Gasteiger partial charge in [0.25, 0.3) is 0 Å². The van der Waals surface area contributed by atoms with Gasteiger partial charge in [0.1, 0.15) is 35.1 Å². The Kier molecular flexibility index (Phi) is 4.56. The number of benzene rings is 2. The van der Waals surface area contributed by atoms with Gasteiger partial charge < -0.3 is 9.47 Å². The van der Waals surface area contributed by atoms with Gasteiger partial charge in [0.2, 0.25) is 0 Å². The molecule has 5 rings (SSSR count). The van der Waals surface area contributed by atoms with Gasteiger partial charge in [0, 0.05) is 25.3 Å². The molecule has 3 aromatic rings. The van der Waals surface area contributed by atoms with E-state index in [1.165, 1.54) is 16.8 Å². The van der Waals surface area contributed by atoms with Crippen LogP contribution in [0.2, 0.25) is 0 Å². The Morgan fingerprint density at radius 1 is 1.03 bits per heavy atom. The number of methoxy groups -OCH3 is 1. The molecule has 30 heavy (non-hydrogen) atoms. The Morgan fingerprint density at radius 3 is 2.37 bits per heavy atom. The number of ether oxygens (including phenoxy) is 2. The van der Waals surface area contributed by atoms with Gasteiger partial charge in [-0.15, -0.1) is 0 Å². The molecule has 6 nitrogen and oxygen atoms in total. The van der Waals surface area contributed by atoms with Crippen LogP contribution in [0.1, 0.15) is 42.7 Å². The first-order valence-corrected chi connectivity index (χ1v) is 9.98. The van der Waals surface area contributed by atoms with Crippen molar-refractivity contribution in [3.8, 4) is 11.5 Å². The Bertz CT molecular complexity index is 1110. The molecule has 0 spiro atoms. The van der Waals surface area contributed by atoms with E-state index in [1.54, 1.807) is 11.7 Å². The number of halogens is 2. The maximum absolute atomic E-state index is 13.7. The van der Waals surface area contributed by atoms with E-state index in [1.807, 2.05) is 24.3 Å². The zero-order valence-electron chi connectivity index (χ0n) is 16.4. The smallest absolute Gasteiger partial charge is 0.346 e. The van der Waals surface area contributed by atoms with Gasteiger partial charge in [-0.2, -0.15) is 5.10 Å². The largest absolute Gasteiger partial charge is 0.497 e. The van der Waals surface area contributed by atoms with Crippen LogP contribution in [0.3, 0.4) is 0 Å². The standard InChI is InChI=1S/C22H21F2N3O3/c1-29-17-2-4-18(5-3-17)30-19-11-16(12-19)27-22(28)26-20(6-7-21(26)25-27)13-8-14(23)10-15(24)9-13/h2-5,8-10,16,19-20H,6-7,11-12H2,1H3/t16-,19-,20-/m0/s1. The molecule has 0 saturated heterocycles. The summed E-state index contributed by atoms with van der Waals surface area (Å²) in [6.45, 7) is 0. The van der Waals surface area contributed by atoms with Crippen molar-refractivity contribution < 1.29 is 18.3 Å². The molecule has 1 aliphatic carbocycles. The SMILES string of the molecule is COc1ccc(O[C@H]2C[C@H](n3nc4n(c3=O)[C@H](c3cc(F)cc(F)c3)CC4)C2)cc1. The van der Waals surface area contributed by atoms with Crippen molar-refractivity contribution in [1.29, 1.82) is 0 Å². The normalized spacial score (nSPS) is 22.4. The fourth-order valence-corrected chi connectivity index (χ4v) is 4.32. The van der Waals surface area contributed by atoms with Crippen LogP contribution < -0.4 is 15.2 Å². The van der Waals surface area contributed by atoms with Crippen LogP contribution >= 0.6 is 0 Å². The van der Waals surface area contributed by atoms with Crippen LogP contribution in [0.5, 0.6) is 11.5 Å². The first-order valence-electron chi connectivity index (χ1n) is 9.98. The molecule has 1 fully saturated rings. The van der Waals surface area contributed by atoms with E-state index < -0.39 is 17.7 Å². The van der Waals surface area contributed by atoms with E-state index >= 15 is 0 Å². The minimum Gasteiger partial charge on any atom is -0.497 e. The predicted molar refractivity (Wildman–Crippen MR) is 105 cm³/mol. The number of aromatic nitrogens is 3. The number of hydrogen-bond acceptors (Lipinski definition) is 4. The van der Waals surface area contributed by atoms with Crippen molar-refractivity contribution in [2.75, 3.05) is 7.11 Å². The molecular formula is C22H21F2N3O3. The first kappa shape index (κ1) is 18.8. The van der Waals surface area contributed by atoms with Crippen LogP contribution in [0.25, 0.3) is 0 Å². The maximum atomic E-state index is 13.7. The topological polar surface area (TPSA) is 58.3 Å². The van der Waals surface area contributed by atoms with Crippen molar-refractivity contribution in [3.63, 3.8) is 0 Å². The van der Waals surface area contributed by atoms with E-state index in [4.69, 9.17) is 9.47 Å². The first-order chi connectivity index (χ1) is 14.5. The fraction of sp³-hybridized carbons (Fsp3) is 0.364. The zero-order chi connectivity index (χ0) is 20.8. The van der Waals surface area contributed by atoms with E-state index in [0.29, 0.717) is 37.1 Å². The van der Waals surface area contributed by atoms with Crippen molar-refractivity contribution >= 4 is 0 Å². The summed E-state index contributed by atoms with van der Waals surface area (Å²) < 4.78 is 41.5. The lowest BCUT2D eigenvalue weighted by atomic mass is 9.89. The molecule has 1 saturated carbocycles. The number of hydrogen-bond donors (Lipinski definition) is 0. The van der Waals surface area contributed by atoms with E-state index in [9.17, 15) is 13.6 Å². The molecule has 1 aromatic heterocycles. The van der Waals surface area contributed by atoms with E-state index in [0.717, 1.165) is 17.6 Å². The molecule has 1 aliphatic heterocycles. The molecule has 2 heterocycles. The lowest BCUT2D eigenvalue weighted by molar-refractivity contribution is 0.0623. The van der Waals surface area contributed by atoms with Crippen molar-refractivity contribution in [3.05, 3.63) is 76.0 Å². The maximum Gasteiger partial charge on any atom is 0.346 e. The van der Waals surface area contributed by atoms with Gasteiger partial charge in [-0.05, 0) is 48.4 Å². The summed E-state index contributed by atoms with van der Waals surface area (Å²) in [7, 11) is 1.61. The molecule has 2 aliphatic rings. The van der Waals surface area contributed by atoms with Gasteiger partial charge in [-0.1, -0.05) is 0 Å². The highest BCUT2D eigenvalue weighted by Crippen LogP contribution is 2.36. The van der Waals surface area contributed by atoms with Crippen LogP contribution in [0.4, 0.5) is 8.78 Å². The average molecular weight is 413 g/mol. The second kappa shape index (κ2) is 7.27. The molecule has 8 heteroatoms. The molecule has 0 radical (unpaired) electrons. The van der Waals surface area contributed by atoms with Gasteiger partial charge in [0.15, 0.2) is 0 Å². The minimum atomic E-state index is -0.642. The zero-order valence-corrected chi connectivity index (χ0v) is 16.4. The third kappa shape index (κ3) is 3.26. The molecule has 0 amide bonds. The fourth-order valence-electron chi connectivity index (χ4n) is 4.32. The third-order valence-electron chi connectivity index (χ3n) is 5.90. The monoisotopic (exact) mass is 413 g/mol. The summed E-state index contributed by atoms with van der Waals surface area (Å²) in [5.74, 6) is 0.898. The predicted octanol–water partition coefficient (Wildman–Crippen LogP) is 3.65. The van der Waals surface area contributed by atoms with E-state index in [2.05, 4.69) is 5.10 Å². The lowest BCUT2D eigenvalue weighted by Gasteiger charge is -2.34. The molecule has 0 unspecified atom stereocenters. The molecular weight excluding hydrogens is 392 g/mol. The lowest BCUT2D eigenvalue weighted by Crippen LogP contribution is -2.41. The van der Waals surface area contributed by atoms with Crippen LogP contribution in [0, 0.1) is 11.6 Å². The average Bonchev–Trinajstić information content (AvgIpc) is 3.24. The van der Waals surface area contributed by atoms with Gasteiger partial charge >= 0.3 is 5.69 Å². The van der Waals surface area contributed by atoms with Crippen LogP contribution in [-0.4, -0.2) is 27.6 Å². The number of rotatable bonds is 5. The van der Waals surface area contributed by atoms with Gasteiger partial charge in [-0.25, -0.2) is 18.3 Å². The number of fused-ring (bicyclic) bond motifs is 1. The summed E-state index contributed by atoms with van der Waals surface area (Å²) in [6.07, 6.45) is 2.59. The molecule has 1 atom stereocenters. The molecule has 2 aromatic carbocycles. The molecule has 156 valence electrons. The summed E-state index contributed by atoms with van der Waals surface area (Å²) in [5.41, 5.74) is 0.229. The second-order valence-corrected chi connectivity index (χ2v) is 7.81. The molecule has 0 bridgehead atoms. The highest BCUT2D eigenvalue weighted by Gasteiger charge is 2.37. The minimum absolute atomic E-state index is 0.0138. The van der Waals surface area contributed by atoms with Crippen molar-refractivity contribution in [1.82, 2.24) is 14.3 Å². The quantitative estimate of drug-likeness (QED) is 0.641. The summed E-state index contributed by atoms with van der Waals surface area (Å²) >= 11 is 0. The van der Waals surface area contributed by atoms with Gasteiger partial charge in [0.05, 0.1) is 19.2 Å². The Morgan fingerprint density at radius 2 is 1.70 bits per heavy atom. The second-order valence-electron chi connectivity index (χ2n) is 7.81. The van der Waals surface area contributed by atoms with Crippen LogP contribution in [-0.2, 0) is 6.42 Å². The summed E-state index contributed by atoms with van der Waals surface area (Å²) in [4.78, 5) is 13.0. The highest BCUT2D eigenvalue weighted by atomic mass is 19.1. The van der Waals surface area contributed by atoms with Gasteiger partial charge in [-0.3, -0.25) is 4.57 Å². The number of aryl methyl sites for hydroxylation is 1. The van der Waals surface area contributed by atoms with Crippen molar-refractivity contribution in [2.24, 2.45) is 0 Å². The molecule has 0 N–H and O–H groups in total. The van der Waals surface area contributed by atoms with Crippen LogP contribution in [0.15, 0.2) is 47.3 Å². The Balaban J connectivity index is 1.30. The summed E-state index contributed by atoms with van der Waals surface area (Å²) in [5, 5.41) is 4.50.